The standard InChI is InChI=1S/C9H9N5OS/c1-14-5-7(4-11-14)2-3-8(15)12-9-13-10-6-16-9/h2-6H,1H3,(H,12,13,15)/b3-2+. The van der Waals surface area contributed by atoms with Crippen LogP contribution in [0, 0.1) is 0 Å². The van der Waals surface area contributed by atoms with Gasteiger partial charge in [-0.3, -0.25) is 14.8 Å². The van der Waals surface area contributed by atoms with E-state index in [0.29, 0.717) is 5.13 Å². The van der Waals surface area contributed by atoms with E-state index in [4.69, 9.17) is 0 Å². The van der Waals surface area contributed by atoms with Crippen LogP contribution in [-0.2, 0) is 11.8 Å². The van der Waals surface area contributed by atoms with E-state index >= 15 is 0 Å². The van der Waals surface area contributed by atoms with Crippen molar-refractivity contribution in [3.05, 3.63) is 29.5 Å². The molecule has 16 heavy (non-hydrogen) atoms. The van der Waals surface area contributed by atoms with Crippen LogP contribution >= 0.6 is 11.3 Å². The molecule has 2 heterocycles. The Morgan fingerprint density at radius 1 is 1.62 bits per heavy atom. The molecular weight excluding hydrogens is 226 g/mol. The molecule has 82 valence electrons. The predicted octanol–water partition coefficient (Wildman–Crippen LogP) is 0.923. The molecule has 0 saturated carbocycles. The fraction of sp³-hybridized carbons (Fsp3) is 0.111. The summed E-state index contributed by atoms with van der Waals surface area (Å²) < 4.78 is 1.67. The van der Waals surface area contributed by atoms with Gasteiger partial charge in [0.25, 0.3) is 0 Å². The average molecular weight is 235 g/mol. The van der Waals surface area contributed by atoms with E-state index in [1.54, 1.807) is 22.5 Å². The predicted molar refractivity (Wildman–Crippen MR) is 60.8 cm³/mol. The van der Waals surface area contributed by atoms with Gasteiger partial charge in [0.2, 0.25) is 11.0 Å². The molecule has 7 heteroatoms. The minimum absolute atomic E-state index is 0.236. The lowest BCUT2D eigenvalue weighted by Gasteiger charge is -1.92. The zero-order valence-corrected chi connectivity index (χ0v) is 9.31. The highest BCUT2D eigenvalue weighted by molar-refractivity contribution is 7.13. The quantitative estimate of drug-likeness (QED) is 0.803. The van der Waals surface area contributed by atoms with Gasteiger partial charge in [-0.15, -0.1) is 10.2 Å². The molecule has 0 spiro atoms. The number of rotatable bonds is 3. The first kappa shape index (κ1) is 10.5. The fourth-order valence-electron chi connectivity index (χ4n) is 1.07. The molecular formula is C9H9N5OS. The van der Waals surface area contributed by atoms with Crippen LogP contribution in [0.3, 0.4) is 0 Å². The van der Waals surface area contributed by atoms with Gasteiger partial charge >= 0.3 is 0 Å². The van der Waals surface area contributed by atoms with Crippen molar-refractivity contribution in [2.45, 2.75) is 0 Å². The van der Waals surface area contributed by atoms with Crippen LogP contribution in [0.15, 0.2) is 24.0 Å². The summed E-state index contributed by atoms with van der Waals surface area (Å²) in [6.07, 6.45) is 6.60. The molecule has 0 aliphatic carbocycles. The summed E-state index contributed by atoms with van der Waals surface area (Å²) in [7, 11) is 1.82. The Bertz CT molecular complexity index is 502. The van der Waals surface area contributed by atoms with E-state index in [0.717, 1.165) is 5.56 Å². The molecule has 1 amide bonds. The third kappa shape index (κ3) is 2.74. The van der Waals surface area contributed by atoms with Gasteiger partial charge < -0.3 is 0 Å². The first-order chi connectivity index (χ1) is 7.74. The van der Waals surface area contributed by atoms with E-state index in [9.17, 15) is 4.79 Å². The van der Waals surface area contributed by atoms with Crippen molar-refractivity contribution in [3.8, 4) is 0 Å². The molecule has 2 aromatic heterocycles. The summed E-state index contributed by atoms with van der Waals surface area (Å²) in [5.41, 5.74) is 2.43. The van der Waals surface area contributed by atoms with Crippen LogP contribution in [0.1, 0.15) is 5.56 Å². The normalized spacial score (nSPS) is 10.8. The SMILES string of the molecule is Cn1cc(/C=C/C(=O)Nc2nncs2)cn1. The van der Waals surface area contributed by atoms with Crippen molar-refractivity contribution < 1.29 is 4.79 Å². The number of aromatic nitrogens is 4. The van der Waals surface area contributed by atoms with E-state index in [1.807, 2.05) is 13.2 Å². The fourth-order valence-corrected chi connectivity index (χ4v) is 1.52. The van der Waals surface area contributed by atoms with E-state index in [2.05, 4.69) is 20.6 Å². The second-order valence-electron chi connectivity index (χ2n) is 3.01. The minimum atomic E-state index is -0.236. The number of nitrogens with one attached hydrogen (secondary N) is 1. The largest absolute Gasteiger partial charge is 0.297 e. The van der Waals surface area contributed by atoms with Crippen molar-refractivity contribution in [1.29, 1.82) is 0 Å². The minimum Gasteiger partial charge on any atom is -0.297 e. The van der Waals surface area contributed by atoms with Crippen LogP contribution in [0.5, 0.6) is 0 Å². The summed E-state index contributed by atoms with van der Waals surface area (Å²) >= 11 is 1.27. The molecule has 0 aliphatic rings. The maximum Gasteiger partial charge on any atom is 0.250 e. The molecule has 0 aliphatic heterocycles. The van der Waals surface area contributed by atoms with E-state index in [-0.39, 0.29) is 5.91 Å². The summed E-state index contributed by atoms with van der Waals surface area (Å²) in [6, 6.07) is 0. The van der Waals surface area contributed by atoms with Crippen molar-refractivity contribution in [2.24, 2.45) is 7.05 Å². The lowest BCUT2D eigenvalue weighted by Crippen LogP contribution is -2.07. The number of hydrogen-bond acceptors (Lipinski definition) is 5. The monoisotopic (exact) mass is 235 g/mol. The van der Waals surface area contributed by atoms with Crippen molar-refractivity contribution in [1.82, 2.24) is 20.0 Å². The zero-order valence-electron chi connectivity index (χ0n) is 8.49. The Hall–Kier alpha value is -2.02. The van der Waals surface area contributed by atoms with Gasteiger partial charge in [0.1, 0.15) is 5.51 Å². The smallest absolute Gasteiger partial charge is 0.250 e. The molecule has 2 rings (SSSR count). The van der Waals surface area contributed by atoms with E-state index < -0.39 is 0 Å². The topological polar surface area (TPSA) is 72.7 Å². The Labute approximate surface area is 95.6 Å². The van der Waals surface area contributed by atoms with Crippen LogP contribution < -0.4 is 5.32 Å². The Morgan fingerprint density at radius 2 is 2.50 bits per heavy atom. The number of nitrogens with zero attached hydrogens (tertiary/aromatic N) is 4. The number of carbonyl (C=O) groups is 1. The number of amides is 1. The van der Waals surface area contributed by atoms with Gasteiger partial charge in [-0.05, 0) is 6.08 Å². The van der Waals surface area contributed by atoms with Crippen LogP contribution in [-0.4, -0.2) is 25.9 Å². The van der Waals surface area contributed by atoms with Gasteiger partial charge in [0.05, 0.1) is 6.20 Å². The summed E-state index contributed by atoms with van der Waals surface area (Å²) in [5, 5.41) is 14.4. The van der Waals surface area contributed by atoms with Gasteiger partial charge in [0.15, 0.2) is 0 Å². The molecule has 0 atom stereocenters. The van der Waals surface area contributed by atoms with Crippen LogP contribution in [0.25, 0.3) is 6.08 Å². The van der Waals surface area contributed by atoms with Crippen molar-refractivity contribution >= 4 is 28.5 Å². The molecule has 6 nitrogen and oxygen atoms in total. The number of anilines is 1. The van der Waals surface area contributed by atoms with Gasteiger partial charge in [-0.25, -0.2) is 0 Å². The highest BCUT2D eigenvalue weighted by Crippen LogP contribution is 2.08. The third-order valence-corrected chi connectivity index (χ3v) is 2.35. The highest BCUT2D eigenvalue weighted by Gasteiger charge is 2.00. The molecule has 1 N–H and O–H groups in total. The highest BCUT2D eigenvalue weighted by atomic mass is 32.1. The first-order valence-electron chi connectivity index (χ1n) is 4.48. The molecule has 2 aromatic rings. The molecule has 0 bridgehead atoms. The van der Waals surface area contributed by atoms with Gasteiger partial charge in [-0.2, -0.15) is 5.10 Å². The maximum atomic E-state index is 11.4. The second-order valence-corrected chi connectivity index (χ2v) is 3.85. The Kier molecular flexibility index (Phi) is 3.06. The molecule has 0 aromatic carbocycles. The van der Waals surface area contributed by atoms with Gasteiger partial charge in [-0.1, -0.05) is 11.3 Å². The molecule has 0 unspecified atom stereocenters. The molecule has 0 fully saturated rings. The number of hydrogen-bond donors (Lipinski definition) is 1. The van der Waals surface area contributed by atoms with Crippen LogP contribution in [0.2, 0.25) is 0 Å². The summed E-state index contributed by atoms with van der Waals surface area (Å²) in [5.74, 6) is -0.236. The third-order valence-electron chi connectivity index (χ3n) is 1.74. The lowest BCUT2D eigenvalue weighted by atomic mass is 10.3. The second kappa shape index (κ2) is 4.67. The zero-order chi connectivity index (χ0) is 11.4. The lowest BCUT2D eigenvalue weighted by molar-refractivity contribution is -0.111. The van der Waals surface area contributed by atoms with Gasteiger partial charge in [0, 0.05) is 24.9 Å². The van der Waals surface area contributed by atoms with Crippen molar-refractivity contribution in [3.63, 3.8) is 0 Å². The number of aryl methyl sites for hydroxylation is 1. The first-order valence-corrected chi connectivity index (χ1v) is 5.36. The Balaban J connectivity index is 1.94. The summed E-state index contributed by atoms with van der Waals surface area (Å²) in [4.78, 5) is 11.4. The van der Waals surface area contributed by atoms with Crippen molar-refractivity contribution in [2.75, 3.05) is 5.32 Å². The molecule has 0 saturated heterocycles. The maximum absolute atomic E-state index is 11.4. The summed E-state index contributed by atoms with van der Waals surface area (Å²) in [6.45, 7) is 0. The Morgan fingerprint density at radius 3 is 3.12 bits per heavy atom. The molecule has 0 radical (unpaired) electrons. The van der Waals surface area contributed by atoms with Crippen LogP contribution in [0.4, 0.5) is 5.13 Å². The average Bonchev–Trinajstić information content (AvgIpc) is 2.87. The van der Waals surface area contributed by atoms with E-state index in [1.165, 1.54) is 17.4 Å². The number of carbonyl (C=O) groups excluding carboxylic acids is 1.